The van der Waals surface area contributed by atoms with Gasteiger partial charge in [0.25, 0.3) is 0 Å². The first-order chi connectivity index (χ1) is 6.29. The Balaban J connectivity index is 0.00000169. The van der Waals surface area contributed by atoms with Crippen molar-refractivity contribution in [3.63, 3.8) is 0 Å². The third-order valence-corrected chi connectivity index (χ3v) is 1.64. The summed E-state index contributed by atoms with van der Waals surface area (Å²) in [6, 6.07) is 7.12. The third-order valence-electron chi connectivity index (χ3n) is 1.64. The van der Waals surface area contributed by atoms with Crippen LogP contribution in [0.4, 0.5) is 5.69 Å². The van der Waals surface area contributed by atoms with Crippen LogP contribution in [-0.2, 0) is 4.74 Å². The van der Waals surface area contributed by atoms with Crippen LogP contribution < -0.4 is 18.9 Å². The molecule has 0 fully saturated rings. The van der Waals surface area contributed by atoms with Gasteiger partial charge in [-0.15, -0.1) is 12.7 Å². The van der Waals surface area contributed by atoms with Crippen LogP contribution in [0.25, 0.3) is 5.32 Å². The summed E-state index contributed by atoms with van der Waals surface area (Å²) in [4.78, 5) is 11.3. The summed E-state index contributed by atoms with van der Waals surface area (Å²) in [6.45, 7) is 2.17. The topological polar surface area (TPSA) is 40.4 Å². The van der Waals surface area contributed by atoms with Crippen LogP contribution in [-0.4, -0.2) is 19.6 Å². The van der Waals surface area contributed by atoms with Crippen molar-refractivity contribution in [1.29, 1.82) is 0 Å². The standard InChI is InChI=1S/C10H13NO2.Li/c1-3-13-10(12)8-6-4-5-7-9(8)11-2;/h4-7H,3H2,1-2H3,(H,11,12);/q;+1/p-1. The van der Waals surface area contributed by atoms with Gasteiger partial charge in [0.2, 0.25) is 0 Å². The van der Waals surface area contributed by atoms with Crippen LogP contribution in [0.2, 0.25) is 0 Å². The number of para-hydroxylation sites is 1. The van der Waals surface area contributed by atoms with Gasteiger partial charge in [0.15, 0.2) is 0 Å². The van der Waals surface area contributed by atoms with Crippen molar-refractivity contribution >= 4 is 11.7 Å². The molecule has 0 aliphatic heterocycles. The van der Waals surface area contributed by atoms with Crippen molar-refractivity contribution in [2.75, 3.05) is 13.7 Å². The fourth-order valence-corrected chi connectivity index (χ4v) is 1.05. The van der Waals surface area contributed by atoms with E-state index in [9.17, 15) is 4.79 Å². The minimum atomic E-state index is -0.316. The van der Waals surface area contributed by atoms with E-state index in [-0.39, 0.29) is 24.8 Å². The number of hydrogen-bond donors (Lipinski definition) is 0. The Kier molecular flexibility index (Phi) is 6.10. The molecule has 0 unspecified atom stereocenters. The number of nitrogens with zero attached hydrogens (tertiary/aromatic N) is 1. The Bertz CT molecular complexity index is 302. The molecule has 4 heteroatoms. The molecule has 1 rings (SSSR count). The first-order valence-electron chi connectivity index (χ1n) is 4.15. The van der Waals surface area contributed by atoms with Gasteiger partial charge in [0, 0.05) is 5.56 Å². The molecule has 0 spiro atoms. The van der Waals surface area contributed by atoms with Gasteiger partial charge in [-0.2, -0.15) is 0 Å². The number of esters is 1. The Morgan fingerprint density at radius 1 is 1.43 bits per heavy atom. The van der Waals surface area contributed by atoms with Gasteiger partial charge in [-0.1, -0.05) is 18.2 Å². The number of ether oxygens (including phenoxy) is 1. The van der Waals surface area contributed by atoms with E-state index >= 15 is 0 Å². The number of carbonyl (C=O) groups is 1. The van der Waals surface area contributed by atoms with E-state index in [1.165, 1.54) is 0 Å². The van der Waals surface area contributed by atoms with Gasteiger partial charge in [-0.3, -0.25) is 0 Å². The van der Waals surface area contributed by atoms with Crippen molar-refractivity contribution < 1.29 is 28.4 Å². The summed E-state index contributed by atoms with van der Waals surface area (Å²) in [7, 11) is 1.65. The first kappa shape index (κ1) is 13.1. The predicted molar refractivity (Wildman–Crippen MR) is 51.3 cm³/mol. The zero-order chi connectivity index (χ0) is 9.68. The molecule has 0 saturated carbocycles. The maximum absolute atomic E-state index is 11.3. The molecule has 0 saturated heterocycles. The minimum Gasteiger partial charge on any atom is -0.686 e. The fraction of sp³-hybridized carbons (Fsp3) is 0.300. The molecule has 0 heterocycles. The van der Waals surface area contributed by atoms with Crippen molar-refractivity contribution in [2.24, 2.45) is 0 Å². The largest absolute Gasteiger partial charge is 1.00 e. The van der Waals surface area contributed by atoms with E-state index in [1.807, 2.05) is 6.07 Å². The van der Waals surface area contributed by atoms with Crippen molar-refractivity contribution in [1.82, 2.24) is 0 Å². The van der Waals surface area contributed by atoms with E-state index in [2.05, 4.69) is 5.32 Å². The minimum absolute atomic E-state index is 0. The molecule has 14 heavy (non-hydrogen) atoms. The smallest absolute Gasteiger partial charge is 0.686 e. The van der Waals surface area contributed by atoms with Gasteiger partial charge in [0.05, 0.1) is 6.61 Å². The molecule has 0 N–H and O–H groups in total. The molecular formula is C10H12LiNO2. The maximum Gasteiger partial charge on any atom is 1.00 e. The summed E-state index contributed by atoms with van der Waals surface area (Å²) < 4.78 is 4.87. The normalized spacial score (nSPS) is 8.71. The van der Waals surface area contributed by atoms with E-state index in [4.69, 9.17) is 4.74 Å². The molecule has 0 aromatic heterocycles. The molecular weight excluding hydrogens is 173 g/mol. The van der Waals surface area contributed by atoms with Crippen LogP contribution >= 0.6 is 0 Å². The average Bonchev–Trinajstić information content (AvgIpc) is 2.18. The summed E-state index contributed by atoms with van der Waals surface area (Å²) >= 11 is 0. The fourth-order valence-electron chi connectivity index (χ4n) is 1.05. The van der Waals surface area contributed by atoms with Crippen LogP contribution in [0.5, 0.6) is 0 Å². The Hall–Kier alpha value is -0.913. The van der Waals surface area contributed by atoms with Crippen LogP contribution in [0.15, 0.2) is 24.3 Å². The number of rotatable bonds is 3. The maximum atomic E-state index is 11.3. The number of hydrogen-bond acceptors (Lipinski definition) is 2. The second-order valence-corrected chi connectivity index (χ2v) is 2.46. The summed E-state index contributed by atoms with van der Waals surface area (Å²) in [5.74, 6) is -0.316. The zero-order valence-corrected chi connectivity index (χ0v) is 8.78. The Morgan fingerprint density at radius 2 is 2.07 bits per heavy atom. The molecule has 1 aromatic carbocycles. The number of benzene rings is 1. The quantitative estimate of drug-likeness (QED) is 0.470. The zero-order valence-electron chi connectivity index (χ0n) is 8.78. The van der Waals surface area contributed by atoms with Gasteiger partial charge >= 0.3 is 24.8 Å². The molecule has 3 nitrogen and oxygen atoms in total. The second-order valence-electron chi connectivity index (χ2n) is 2.46. The van der Waals surface area contributed by atoms with Crippen LogP contribution in [0, 0.1) is 0 Å². The molecule has 70 valence electrons. The molecule has 0 amide bonds. The Labute approximate surface area is 96.0 Å². The molecule has 0 aliphatic carbocycles. The summed E-state index contributed by atoms with van der Waals surface area (Å²) in [5.41, 5.74) is 1.19. The molecule has 0 atom stereocenters. The molecule has 0 bridgehead atoms. The summed E-state index contributed by atoms with van der Waals surface area (Å²) in [5, 5.41) is 3.97. The van der Waals surface area contributed by atoms with Crippen LogP contribution in [0.3, 0.4) is 0 Å². The van der Waals surface area contributed by atoms with Crippen molar-refractivity contribution in [2.45, 2.75) is 6.92 Å². The monoisotopic (exact) mass is 185 g/mol. The van der Waals surface area contributed by atoms with E-state index in [0.717, 1.165) is 0 Å². The predicted octanol–water partition coefficient (Wildman–Crippen LogP) is -0.498. The third kappa shape index (κ3) is 3.10. The Morgan fingerprint density at radius 3 is 2.64 bits per heavy atom. The molecule has 0 radical (unpaired) electrons. The van der Waals surface area contributed by atoms with E-state index < -0.39 is 0 Å². The second kappa shape index (κ2) is 6.53. The first-order valence-corrected chi connectivity index (χ1v) is 4.15. The summed E-state index contributed by atoms with van der Waals surface area (Å²) in [6.07, 6.45) is 0. The SMILES string of the molecule is CCOC(=O)c1ccccc1[N-]C.[Li+]. The molecule has 0 aliphatic rings. The van der Waals surface area contributed by atoms with Gasteiger partial charge in [-0.25, -0.2) is 4.79 Å². The van der Waals surface area contributed by atoms with Gasteiger partial charge < -0.3 is 10.1 Å². The van der Waals surface area contributed by atoms with E-state index in [0.29, 0.717) is 17.9 Å². The molecule has 1 aromatic rings. The number of carbonyl (C=O) groups excluding carboxylic acids is 1. The average molecular weight is 185 g/mol. The van der Waals surface area contributed by atoms with Gasteiger partial charge in [0.1, 0.15) is 0 Å². The van der Waals surface area contributed by atoms with Gasteiger partial charge in [-0.05, 0) is 13.0 Å². The van der Waals surface area contributed by atoms with Crippen molar-refractivity contribution in [3.05, 3.63) is 35.1 Å². The van der Waals surface area contributed by atoms with Crippen LogP contribution in [0.1, 0.15) is 17.3 Å². The van der Waals surface area contributed by atoms with Crippen molar-refractivity contribution in [3.8, 4) is 0 Å². The van der Waals surface area contributed by atoms with E-state index in [1.54, 1.807) is 32.2 Å².